The second kappa shape index (κ2) is 10.4. The lowest BCUT2D eigenvalue weighted by atomic mass is 10.1. The number of benzene rings is 1. The molecule has 0 saturated carbocycles. The van der Waals surface area contributed by atoms with Gasteiger partial charge in [-0.05, 0) is 46.6 Å². The van der Waals surface area contributed by atoms with Gasteiger partial charge in [0.25, 0.3) is 6.08 Å². The number of carbonyl (C=O) groups is 1. The van der Waals surface area contributed by atoms with Crippen LogP contribution in [0.15, 0.2) is 57.9 Å². The van der Waals surface area contributed by atoms with Gasteiger partial charge in [-0.15, -0.1) is 0 Å². The van der Waals surface area contributed by atoms with E-state index in [2.05, 4.69) is 20.4 Å². The van der Waals surface area contributed by atoms with Crippen LogP contribution in [-0.4, -0.2) is 53.4 Å². The molecule has 190 valence electrons. The Balaban J connectivity index is 0.000000454. The van der Waals surface area contributed by atoms with Gasteiger partial charge < -0.3 is 10.8 Å². The summed E-state index contributed by atoms with van der Waals surface area (Å²) in [5.41, 5.74) is 7.99. The molecule has 0 atom stereocenters. The Morgan fingerprint density at radius 2 is 1.81 bits per heavy atom. The highest BCUT2D eigenvalue weighted by Crippen LogP contribution is 2.24. The van der Waals surface area contributed by atoms with Crippen LogP contribution in [0.1, 0.15) is 5.56 Å². The molecule has 0 aliphatic heterocycles. The highest BCUT2D eigenvalue weighted by atomic mass is 19.4. The minimum atomic E-state index is -5.08. The predicted octanol–water partition coefficient (Wildman–Crippen LogP) is 2.68. The van der Waals surface area contributed by atoms with Crippen LogP contribution in [-0.2, 0) is 11.3 Å². The van der Waals surface area contributed by atoms with Gasteiger partial charge in [-0.1, -0.05) is 6.07 Å². The van der Waals surface area contributed by atoms with E-state index < -0.39 is 23.9 Å². The average Bonchev–Trinajstić information content (AvgIpc) is 3.43. The molecule has 16 heteroatoms. The average molecular weight is 513 g/mol. The standard InChI is InChI=1S/C18H15F2N7O2.C2HF3O2/c1-10-4-12(11-2-3-14-15(5-11)25-29-24-14)7-22-17(10)26-9-23-27(18(26)28)8-13(6-21)16(19)20;3-2(4,5)1(6)7/h2-5,7,9H,6,8,21H2,1H3;(H,6,7). The molecule has 4 aromatic rings. The molecule has 0 saturated heterocycles. The molecule has 0 fully saturated rings. The first-order valence-electron chi connectivity index (χ1n) is 9.79. The number of halogens is 5. The van der Waals surface area contributed by atoms with Crippen molar-refractivity contribution >= 4 is 17.0 Å². The number of carboxylic acids is 1. The Hall–Kier alpha value is -4.47. The van der Waals surface area contributed by atoms with Gasteiger partial charge >= 0.3 is 17.8 Å². The fraction of sp³-hybridized carbons (Fsp3) is 0.200. The Bertz CT molecular complexity index is 1490. The van der Waals surface area contributed by atoms with Crippen molar-refractivity contribution in [1.29, 1.82) is 0 Å². The summed E-state index contributed by atoms with van der Waals surface area (Å²) in [6, 6.07) is 7.32. The van der Waals surface area contributed by atoms with Gasteiger partial charge in [0.15, 0.2) is 0 Å². The van der Waals surface area contributed by atoms with E-state index in [9.17, 15) is 26.7 Å². The third-order valence-corrected chi connectivity index (χ3v) is 4.70. The third-order valence-electron chi connectivity index (χ3n) is 4.70. The van der Waals surface area contributed by atoms with E-state index in [-0.39, 0.29) is 18.7 Å². The van der Waals surface area contributed by atoms with Gasteiger partial charge in [0.2, 0.25) is 0 Å². The zero-order valence-electron chi connectivity index (χ0n) is 18.2. The number of fused-ring (bicyclic) bond motifs is 1. The van der Waals surface area contributed by atoms with Crippen molar-refractivity contribution in [2.24, 2.45) is 5.73 Å². The SMILES string of the molecule is Cc1cc(-c2ccc3nonc3c2)cnc1-n1cnn(CC(CN)=C(F)F)c1=O.O=C(O)C(F)(F)F. The lowest BCUT2D eigenvalue weighted by Gasteiger charge is -2.08. The molecule has 0 bridgehead atoms. The molecule has 11 nitrogen and oxygen atoms in total. The number of carboxylic acid groups (broad SMARTS) is 1. The van der Waals surface area contributed by atoms with E-state index in [1.54, 1.807) is 19.2 Å². The number of aliphatic carboxylic acids is 1. The summed E-state index contributed by atoms with van der Waals surface area (Å²) in [5.74, 6) is -2.40. The summed E-state index contributed by atoms with van der Waals surface area (Å²) < 4.78 is 64.2. The molecule has 3 heterocycles. The van der Waals surface area contributed by atoms with Crippen molar-refractivity contribution in [2.45, 2.75) is 19.6 Å². The van der Waals surface area contributed by atoms with Gasteiger partial charge in [-0.25, -0.2) is 28.5 Å². The molecular weight excluding hydrogens is 497 g/mol. The van der Waals surface area contributed by atoms with Gasteiger partial charge in [-0.3, -0.25) is 0 Å². The molecule has 0 radical (unpaired) electrons. The van der Waals surface area contributed by atoms with Crippen molar-refractivity contribution in [2.75, 3.05) is 6.54 Å². The first kappa shape index (κ1) is 26.1. The number of hydrogen-bond donors (Lipinski definition) is 2. The fourth-order valence-electron chi connectivity index (χ4n) is 2.91. The van der Waals surface area contributed by atoms with Crippen molar-refractivity contribution < 1.29 is 36.5 Å². The molecule has 0 aliphatic carbocycles. The van der Waals surface area contributed by atoms with E-state index in [4.69, 9.17) is 20.3 Å². The Morgan fingerprint density at radius 1 is 1.14 bits per heavy atom. The molecule has 0 aliphatic rings. The van der Waals surface area contributed by atoms with Gasteiger partial charge in [0.1, 0.15) is 23.2 Å². The van der Waals surface area contributed by atoms with Crippen molar-refractivity contribution in [3.8, 4) is 16.9 Å². The molecule has 1 aromatic carbocycles. The van der Waals surface area contributed by atoms with E-state index in [1.807, 2.05) is 18.2 Å². The second-order valence-corrected chi connectivity index (χ2v) is 7.14. The fourth-order valence-corrected chi connectivity index (χ4v) is 2.91. The van der Waals surface area contributed by atoms with Crippen LogP contribution in [0.3, 0.4) is 0 Å². The largest absolute Gasteiger partial charge is 0.490 e. The molecule has 0 spiro atoms. The topological polar surface area (TPSA) is 155 Å². The van der Waals surface area contributed by atoms with Crippen LogP contribution in [0.5, 0.6) is 0 Å². The quantitative estimate of drug-likeness (QED) is 0.383. The van der Waals surface area contributed by atoms with Crippen LogP contribution in [0.25, 0.3) is 28.0 Å². The van der Waals surface area contributed by atoms with E-state index in [0.717, 1.165) is 15.8 Å². The predicted molar refractivity (Wildman–Crippen MR) is 113 cm³/mol. The molecule has 0 amide bonds. The minimum absolute atomic E-state index is 0.352. The number of rotatable bonds is 5. The van der Waals surface area contributed by atoms with E-state index in [0.29, 0.717) is 22.4 Å². The number of pyridine rings is 1. The zero-order valence-corrected chi connectivity index (χ0v) is 18.2. The number of nitrogens with two attached hydrogens (primary N) is 1. The first-order chi connectivity index (χ1) is 16.9. The highest BCUT2D eigenvalue weighted by molar-refractivity contribution is 5.80. The highest BCUT2D eigenvalue weighted by Gasteiger charge is 2.38. The zero-order chi connectivity index (χ0) is 26.6. The third kappa shape index (κ3) is 5.77. The minimum Gasteiger partial charge on any atom is -0.475 e. The number of hydrogen-bond acceptors (Lipinski definition) is 8. The lowest BCUT2D eigenvalue weighted by molar-refractivity contribution is -0.192. The number of nitrogens with zero attached hydrogens (tertiary/aromatic N) is 6. The summed E-state index contributed by atoms with van der Waals surface area (Å²) in [7, 11) is 0. The Morgan fingerprint density at radius 3 is 2.39 bits per heavy atom. The van der Waals surface area contributed by atoms with Gasteiger partial charge in [-0.2, -0.15) is 27.1 Å². The molecule has 0 unspecified atom stereocenters. The molecule has 4 rings (SSSR count). The lowest BCUT2D eigenvalue weighted by Crippen LogP contribution is -2.27. The summed E-state index contributed by atoms with van der Waals surface area (Å²) in [5, 5.41) is 18.6. The summed E-state index contributed by atoms with van der Waals surface area (Å²) in [6.45, 7) is 1.05. The van der Waals surface area contributed by atoms with Gasteiger partial charge in [0, 0.05) is 23.9 Å². The van der Waals surface area contributed by atoms with Crippen LogP contribution >= 0.6 is 0 Å². The number of alkyl halides is 3. The maximum atomic E-state index is 12.8. The van der Waals surface area contributed by atoms with E-state index >= 15 is 0 Å². The monoisotopic (exact) mass is 513 g/mol. The van der Waals surface area contributed by atoms with E-state index in [1.165, 1.54) is 10.9 Å². The molecule has 3 aromatic heterocycles. The smallest absolute Gasteiger partial charge is 0.475 e. The summed E-state index contributed by atoms with van der Waals surface area (Å²) in [6.07, 6.45) is -4.14. The number of aryl methyl sites for hydroxylation is 1. The normalized spacial score (nSPS) is 11.2. The van der Waals surface area contributed by atoms with Gasteiger partial charge in [0.05, 0.1) is 6.54 Å². The molecule has 36 heavy (non-hydrogen) atoms. The molecule has 3 N–H and O–H groups in total. The van der Waals surface area contributed by atoms with Crippen molar-refractivity contribution in [3.63, 3.8) is 0 Å². The van der Waals surface area contributed by atoms with Crippen LogP contribution in [0.4, 0.5) is 22.0 Å². The summed E-state index contributed by atoms with van der Waals surface area (Å²) >= 11 is 0. The van der Waals surface area contributed by atoms with Crippen LogP contribution < -0.4 is 11.4 Å². The number of aromatic nitrogens is 6. The van der Waals surface area contributed by atoms with Crippen LogP contribution in [0.2, 0.25) is 0 Å². The maximum absolute atomic E-state index is 12.8. The first-order valence-corrected chi connectivity index (χ1v) is 9.79. The molecular formula is C20H16F5N7O4. The summed E-state index contributed by atoms with van der Waals surface area (Å²) in [4.78, 5) is 25.8. The second-order valence-electron chi connectivity index (χ2n) is 7.14. The van der Waals surface area contributed by atoms with Crippen molar-refractivity contribution in [3.05, 3.63) is 64.5 Å². The Kier molecular flexibility index (Phi) is 7.57. The Labute approximate surface area is 197 Å². The van der Waals surface area contributed by atoms with Crippen molar-refractivity contribution in [1.82, 2.24) is 29.6 Å². The maximum Gasteiger partial charge on any atom is 0.490 e. The van der Waals surface area contributed by atoms with Crippen LogP contribution in [0, 0.1) is 6.92 Å².